The summed E-state index contributed by atoms with van der Waals surface area (Å²) in [5, 5.41) is 3.39. The van der Waals surface area contributed by atoms with Crippen molar-refractivity contribution in [1.29, 1.82) is 0 Å². The smallest absolute Gasteiger partial charge is 0.226 e. The molecule has 0 aromatic heterocycles. The molecule has 4 rings (SSSR count). The van der Waals surface area contributed by atoms with Gasteiger partial charge in [0.15, 0.2) is 0 Å². The quantitative estimate of drug-likeness (QED) is 0.767. The van der Waals surface area contributed by atoms with E-state index >= 15 is 0 Å². The van der Waals surface area contributed by atoms with E-state index in [0.717, 1.165) is 62.1 Å². The molecule has 5 nitrogen and oxygen atoms in total. The SMILES string of the molecule is COc1ccccc1-c1cccc(CC2(C(=O)NC3CCCN(C)C3)CCOCC2)c1. The number of methoxy groups -OCH3 is 1. The molecule has 2 aliphatic rings. The molecule has 1 atom stereocenters. The summed E-state index contributed by atoms with van der Waals surface area (Å²) in [6, 6.07) is 16.8. The van der Waals surface area contributed by atoms with E-state index in [1.54, 1.807) is 7.11 Å². The molecule has 31 heavy (non-hydrogen) atoms. The number of amides is 1. The van der Waals surface area contributed by atoms with E-state index in [0.29, 0.717) is 13.2 Å². The average Bonchev–Trinajstić information content (AvgIpc) is 2.80. The largest absolute Gasteiger partial charge is 0.496 e. The van der Waals surface area contributed by atoms with E-state index in [9.17, 15) is 4.79 Å². The minimum atomic E-state index is -0.409. The monoisotopic (exact) mass is 422 g/mol. The number of nitrogens with zero attached hydrogens (tertiary/aromatic N) is 1. The molecule has 1 unspecified atom stereocenters. The lowest BCUT2D eigenvalue weighted by Gasteiger charge is -2.39. The second kappa shape index (κ2) is 9.84. The Hall–Kier alpha value is -2.37. The number of hydrogen-bond donors (Lipinski definition) is 1. The number of para-hydroxylation sites is 1. The van der Waals surface area contributed by atoms with Gasteiger partial charge >= 0.3 is 0 Å². The number of rotatable bonds is 6. The first kappa shape index (κ1) is 21.8. The van der Waals surface area contributed by atoms with Crippen molar-refractivity contribution >= 4 is 5.91 Å². The minimum Gasteiger partial charge on any atom is -0.496 e. The predicted octanol–water partition coefficient (Wildman–Crippen LogP) is 3.91. The minimum absolute atomic E-state index is 0.193. The average molecular weight is 423 g/mol. The highest BCUT2D eigenvalue weighted by molar-refractivity contribution is 5.83. The first-order chi connectivity index (χ1) is 15.1. The fourth-order valence-corrected chi connectivity index (χ4v) is 4.99. The molecule has 0 spiro atoms. The van der Waals surface area contributed by atoms with Crippen molar-refractivity contribution in [3.05, 3.63) is 54.1 Å². The third-order valence-electron chi connectivity index (χ3n) is 6.78. The fraction of sp³-hybridized carbons (Fsp3) is 0.500. The molecule has 2 aliphatic heterocycles. The van der Waals surface area contributed by atoms with Crippen molar-refractivity contribution in [2.45, 2.75) is 38.1 Å². The molecule has 2 aromatic rings. The Balaban J connectivity index is 1.56. The topological polar surface area (TPSA) is 50.8 Å². The van der Waals surface area contributed by atoms with E-state index in [1.807, 2.05) is 18.2 Å². The fourth-order valence-electron chi connectivity index (χ4n) is 4.99. The highest BCUT2D eigenvalue weighted by Crippen LogP contribution is 2.37. The van der Waals surface area contributed by atoms with E-state index < -0.39 is 5.41 Å². The van der Waals surface area contributed by atoms with Crippen LogP contribution in [-0.2, 0) is 16.0 Å². The van der Waals surface area contributed by atoms with Crippen molar-refractivity contribution in [2.75, 3.05) is 40.5 Å². The number of benzene rings is 2. The molecule has 0 radical (unpaired) electrons. The van der Waals surface area contributed by atoms with Gasteiger partial charge in [0.1, 0.15) is 5.75 Å². The van der Waals surface area contributed by atoms with Gasteiger partial charge in [0.2, 0.25) is 5.91 Å². The van der Waals surface area contributed by atoms with Gasteiger partial charge in [0.05, 0.1) is 12.5 Å². The second-order valence-electron chi connectivity index (χ2n) is 9.04. The molecule has 166 valence electrons. The third-order valence-corrected chi connectivity index (χ3v) is 6.78. The zero-order chi connectivity index (χ0) is 21.7. The summed E-state index contributed by atoms with van der Waals surface area (Å²) in [7, 11) is 3.83. The lowest BCUT2D eigenvalue weighted by atomic mass is 9.74. The molecule has 2 aromatic carbocycles. The number of piperidine rings is 1. The number of carbonyl (C=O) groups excluding carboxylic acids is 1. The van der Waals surface area contributed by atoms with Crippen molar-refractivity contribution in [2.24, 2.45) is 5.41 Å². The normalized spacial score (nSPS) is 21.4. The Bertz CT molecular complexity index is 892. The molecule has 1 amide bonds. The predicted molar refractivity (Wildman–Crippen MR) is 123 cm³/mol. The van der Waals surface area contributed by atoms with Crippen molar-refractivity contribution in [3.63, 3.8) is 0 Å². The first-order valence-corrected chi connectivity index (χ1v) is 11.4. The molecule has 0 bridgehead atoms. The maximum absolute atomic E-state index is 13.5. The van der Waals surface area contributed by atoms with E-state index in [-0.39, 0.29) is 11.9 Å². The molecular formula is C26H34N2O3. The zero-order valence-corrected chi connectivity index (χ0v) is 18.7. The molecule has 2 heterocycles. The molecule has 2 fully saturated rings. The molecule has 2 saturated heterocycles. The third kappa shape index (κ3) is 5.10. The summed E-state index contributed by atoms with van der Waals surface area (Å²) in [5.74, 6) is 1.05. The van der Waals surface area contributed by atoms with Crippen molar-refractivity contribution in [1.82, 2.24) is 10.2 Å². The number of likely N-dealkylation sites (tertiary alicyclic amines) is 1. The summed E-state index contributed by atoms with van der Waals surface area (Å²) in [6.45, 7) is 3.33. The molecule has 0 aliphatic carbocycles. The summed E-state index contributed by atoms with van der Waals surface area (Å²) >= 11 is 0. The lowest BCUT2D eigenvalue weighted by molar-refractivity contribution is -0.137. The Morgan fingerprint density at radius 3 is 2.77 bits per heavy atom. The van der Waals surface area contributed by atoms with Crippen LogP contribution in [0.3, 0.4) is 0 Å². The number of likely N-dealkylation sites (N-methyl/N-ethyl adjacent to an activating group) is 1. The number of nitrogens with one attached hydrogen (secondary N) is 1. The van der Waals surface area contributed by atoms with Gasteiger partial charge in [-0.2, -0.15) is 0 Å². The van der Waals surface area contributed by atoms with Crippen LogP contribution in [0.5, 0.6) is 5.75 Å². The Labute approximate surface area is 185 Å². The van der Waals surface area contributed by atoms with Gasteiger partial charge in [-0.15, -0.1) is 0 Å². The van der Waals surface area contributed by atoms with Crippen LogP contribution in [0.25, 0.3) is 11.1 Å². The highest BCUT2D eigenvalue weighted by atomic mass is 16.5. The van der Waals surface area contributed by atoms with Gasteiger partial charge in [-0.3, -0.25) is 4.79 Å². The standard InChI is InChI=1S/C26H34N2O3/c1-28-14-6-9-22(19-28)27-25(29)26(12-15-31-16-13-26)18-20-7-5-8-21(17-20)23-10-3-4-11-24(23)30-2/h3-5,7-8,10-11,17,22H,6,9,12-16,18-19H2,1-2H3,(H,27,29). The maximum atomic E-state index is 13.5. The highest BCUT2D eigenvalue weighted by Gasteiger charge is 2.41. The first-order valence-electron chi connectivity index (χ1n) is 11.4. The van der Waals surface area contributed by atoms with E-state index in [2.05, 4.69) is 47.6 Å². The molecule has 1 N–H and O–H groups in total. The van der Waals surface area contributed by atoms with Gasteiger partial charge in [0, 0.05) is 31.4 Å². The lowest BCUT2D eigenvalue weighted by Crippen LogP contribution is -2.53. The van der Waals surface area contributed by atoms with Gasteiger partial charge < -0.3 is 19.7 Å². The van der Waals surface area contributed by atoms with Gasteiger partial charge in [0.25, 0.3) is 0 Å². The Morgan fingerprint density at radius 1 is 1.19 bits per heavy atom. The Kier molecular flexibility index (Phi) is 6.93. The zero-order valence-electron chi connectivity index (χ0n) is 18.7. The van der Waals surface area contributed by atoms with Crippen LogP contribution in [0.1, 0.15) is 31.2 Å². The van der Waals surface area contributed by atoms with Crippen LogP contribution in [0, 0.1) is 5.41 Å². The Morgan fingerprint density at radius 2 is 2.00 bits per heavy atom. The van der Waals surface area contributed by atoms with Gasteiger partial charge in [-0.05, 0) is 62.9 Å². The van der Waals surface area contributed by atoms with E-state index in [4.69, 9.17) is 9.47 Å². The van der Waals surface area contributed by atoms with Crippen LogP contribution in [0.2, 0.25) is 0 Å². The summed E-state index contributed by atoms with van der Waals surface area (Å²) in [5.41, 5.74) is 2.96. The summed E-state index contributed by atoms with van der Waals surface area (Å²) < 4.78 is 11.2. The number of carbonyl (C=O) groups is 1. The molecule has 0 saturated carbocycles. The summed E-state index contributed by atoms with van der Waals surface area (Å²) in [6.07, 6.45) is 4.46. The second-order valence-corrected chi connectivity index (χ2v) is 9.04. The van der Waals surface area contributed by atoms with Crippen LogP contribution in [0.4, 0.5) is 0 Å². The van der Waals surface area contributed by atoms with Crippen LogP contribution < -0.4 is 10.1 Å². The van der Waals surface area contributed by atoms with Crippen molar-refractivity contribution in [3.8, 4) is 16.9 Å². The number of ether oxygens (including phenoxy) is 2. The van der Waals surface area contributed by atoms with Gasteiger partial charge in [-0.1, -0.05) is 42.5 Å². The van der Waals surface area contributed by atoms with E-state index in [1.165, 1.54) is 5.56 Å². The van der Waals surface area contributed by atoms with Crippen molar-refractivity contribution < 1.29 is 14.3 Å². The molecular weight excluding hydrogens is 388 g/mol. The van der Waals surface area contributed by atoms with Crippen LogP contribution >= 0.6 is 0 Å². The number of hydrogen-bond acceptors (Lipinski definition) is 4. The summed E-state index contributed by atoms with van der Waals surface area (Å²) in [4.78, 5) is 15.9. The molecule has 5 heteroatoms. The van der Waals surface area contributed by atoms with Crippen LogP contribution in [0.15, 0.2) is 48.5 Å². The van der Waals surface area contributed by atoms with Gasteiger partial charge in [-0.25, -0.2) is 0 Å². The maximum Gasteiger partial charge on any atom is 0.226 e. The van der Waals surface area contributed by atoms with Crippen LogP contribution in [-0.4, -0.2) is 57.3 Å².